The first-order valence-corrected chi connectivity index (χ1v) is 7.18. The van der Waals surface area contributed by atoms with E-state index in [2.05, 4.69) is 31.3 Å². The average molecular weight is 298 g/mol. The van der Waals surface area contributed by atoms with Gasteiger partial charge in [-0.3, -0.25) is 4.99 Å². The average Bonchev–Trinajstić information content (AvgIpc) is 2.59. The molecule has 4 heteroatoms. The van der Waals surface area contributed by atoms with Crippen LogP contribution in [0.4, 0.5) is 15.8 Å². The van der Waals surface area contributed by atoms with E-state index >= 15 is 0 Å². The predicted molar refractivity (Wildman–Crippen MR) is 89.4 cm³/mol. The van der Waals surface area contributed by atoms with Crippen molar-refractivity contribution >= 4 is 34.3 Å². The number of aryl methyl sites for hydroxylation is 2. The Kier molecular flexibility index (Phi) is 3.55. The molecular formula is C17H15FN2S. The molecule has 0 saturated carbocycles. The summed E-state index contributed by atoms with van der Waals surface area (Å²) in [7, 11) is 0. The second kappa shape index (κ2) is 5.37. The number of benzene rings is 2. The summed E-state index contributed by atoms with van der Waals surface area (Å²) in [4.78, 5) is 5.46. The number of aliphatic imine (C=N–C) groups is 1. The van der Waals surface area contributed by atoms with Crippen LogP contribution in [0.1, 0.15) is 23.1 Å². The first kappa shape index (κ1) is 13.9. The van der Waals surface area contributed by atoms with E-state index in [-0.39, 0.29) is 5.82 Å². The third kappa shape index (κ3) is 2.85. The van der Waals surface area contributed by atoms with Crippen molar-refractivity contribution in [3.63, 3.8) is 0 Å². The van der Waals surface area contributed by atoms with Crippen LogP contribution in [0.5, 0.6) is 0 Å². The van der Waals surface area contributed by atoms with E-state index < -0.39 is 0 Å². The Morgan fingerprint density at radius 1 is 1.10 bits per heavy atom. The number of hydrogen-bond acceptors (Lipinski definition) is 2. The number of nitrogens with one attached hydrogen (secondary N) is 1. The summed E-state index contributed by atoms with van der Waals surface area (Å²) in [6.45, 7) is 4.13. The molecule has 3 rings (SSSR count). The molecule has 0 fully saturated rings. The molecule has 1 N–H and O–H groups in total. The predicted octanol–water partition coefficient (Wildman–Crippen LogP) is 4.71. The number of rotatable bonds is 1. The maximum absolute atomic E-state index is 13.1. The Balaban J connectivity index is 2.12. The minimum atomic E-state index is -0.249. The van der Waals surface area contributed by atoms with Crippen molar-refractivity contribution in [2.45, 2.75) is 20.3 Å². The quantitative estimate of drug-likeness (QED) is 0.771. The van der Waals surface area contributed by atoms with E-state index in [1.165, 1.54) is 23.3 Å². The van der Waals surface area contributed by atoms with Gasteiger partial charge >= 0.3 is 0 Å². The van der Waals surface area contributed by atoms with Crippen molar-refractivity contribution in [1.29, 1.82) is 0 Å². The largest absolute Gasteiger partial charge is 0.348 e. The Labute approximate surface area is 128 Å². The smallest absolute Gasteiger partial charge is 0.123 e. The van der Waals surface area contributed by atoms with Crippen LogP contribution < -0.4 is 5.32 Å². The fourth-order valence-electron chi connectivity index (χ4n) is 2.33. The van der Waals surface area contributed by atoms with Gasteiger partial charge in [0, 0.05) is 6.42 Å². The summed E-state index contributed by atoms with van der Waals surface area (Å²) in [6, 6.07) is 10.5. The molecule has 0 bridgehead atoms. The minimum Gasteiger partial charge on any atom is -0.348 e. The van der Waals surface area contributed by atoms with Gasteiger partial charge < -0.3 is 5.32 Å². The molecular weight excluding hydrogens is 283 g/mol. The van der Waals surface area contributed by atoms with E-state index in [1.807, 2.05) is 0 Å². The van der Waals surface area contributed by atoms with Crippen LogP contribution in [-0.4, -0.2) is 10.7 Å². The zero-order valence-electron chi connectivity index (χ0n) is 11.9. The molecule has 0 spiro atoms. The first-order valence-electron chi connectivity index (χ1n) is 6.77. The maximum Gasteiger partial charge on any atom is 0.123 e. The number of nitrogens with zero attached hydrogens (tertiary/aromatic N) is 1. The summed E-state index contributed by atoms with van der Waals surface area (Å²) in [6.07, 6.45) is 0.549. The minimum absolute atomic E-state index is 0.249. The fourth-order valence-corrected chi connectivity index (χ4v) is 2.58. The highest BCUT2D eigenvalue weighted by Gasteiger charge is 2.15. The number of hydrogen-bond donors (Lipinski definition) is 1. The molecule has 0 unspecified atom stereocenters. The van der Waals surface area contributed by atoms with Crippen molar-refractivity contribution in [2.24, 2.45) is 4.99 Å². The molecule has 0 saturated heterocycles. The van der Waals surface area contributed by atoms with Gasteiger partial charge in [-0.05, 0) is 54.8 Å². The van der Waals surface area contributed by atoms with Gasteiger partial charge in [-0.1, -0.05) is 24.4 Å². The highest BCUT2D eigenvalue weighted by atomic mass is 32.1. The Morgan fingerprint density at radius 3 is 2.48 bits per heavy atom. The number of thiocarbonyl (C=S) groups is 1. The molecule has 0 aliphatic carbocycles. The highest BCUT2D eigenvalue weighted by molar-refractivity contribution is 7.80. The molecule has 1 aliphatic rings. The van der Waals surface area contributed by atoms with Crippen LogP contribution in [0.15, 0.2) is 41.4 Å². The molecule has 2 aromatic rings. The van der Waals surface area contributed by atoms with Gasteiger partial charge in [0.25, 0.3) is 0 Å². The lowest BCUT2D eigenvalue weighted by Crippen LogP contribution is -2.13. The Morgan fingerprint density at radius 2 is 1.76 bits per heavy atom. The highest BCUT2D eigenvalue weighted by Crippen LogP contribution is 2.32. The molecule has 0 amide bonds. The van der Waals surface area contributed by atoms with Crippen LogP contribution in [0, 0.1) is 19.7 Å². The van der Waals surface area contributed by atoms with Crippen LogP contribution in [0.3, 0.4) is 0 Å². The van der Waals surface area contributed by atoms with Crippen LogP contribution >= 0.6 is 12.2 Å². The van der Waals surface area contributed by atoms with Gasteiger partial charge in [-0.25, -0.2) is 4.39 Å². The van der Waals surface area contributed by atoms with Gasteiger partial charge in [0.15, 0.2) is 0 Å². The SMILES string of the molecule is Cc1cc2c(cc1C)NC(=S)CC(c1ccc(F)cc1)=N2. The third-order valence-corrected chi connectivity index (χ3v) is 3.89. The molecule has 0 radical (unpaired) electrons. The lowest BCUT2D eigenvalue weighted by molar-refractivity contribution is 0.628. The lowest BCUT2D eigenvalue weighted by Gasteiger charge is -2.09. The Bertz CT molecular complexity index is 748. The van der Waals surface area contributed by atoms with Crippen molar-refractivity contribution in [1.82, 2.24) is 0 Å². The number of anilines is 1. The molecule has 0 aromatic heterocycles. The van der Waals surface area contributed by atoms with Crippen LogP contribution in [-0.2, 0) is 0 Å². The van der Waals surface area contributed by atoms with Crippen molar-refractivity contribution in [3.8, 4) is 0 Å². The van der Waals surface area contributed by atoms with Gasteiger partial charge in [0.1, 0.15) is 5.82 Å². The molecule has 1 heterocycles. The zero-order valence-corrected chi connectivity index (χ0v) is 12.7. The monoisotopic (exact) mass is 298 g/mol. The molecule has 1 aliphatic heterocycles. The summed E-state index contributed by atoms with van der Waals surface area (Å²) in [5, 5.41) is 3.24. The molecule has 21 heavy (non-hydrogen) atoms. The van der Waals surface area contributed by atoms with Crippen molar-refractivity contribution in [3.05, 3.63) is 58.9 Å². The van der Waals surface area contributed by atoms with Crippen LogP contribution in [0.25, 0.3) is 0 Å². The topological polar surface area (TPSA) is 24.4 Å². The van der Waals surface area contributed by atoms with E-state index in [9.17, 15) is 4.39 Å². The molecule has 2 nitrogen and oxygen atoms in total. The van der Waals surface area contributed by atoms with E-state index in [0.29, 0.717) is 6.42 Å². The standard InChI is InChI=1S/C17H15FN2S/c1-10-7-15-16(8-11(10)2)20-17(21)9-14(19-15)12-3-5-13(18)6-4-12/h3-8H,9H2,1-2H3,(H,20,21). The number of halogens is 1. The second-order valence-electron chi connectivity index (χ2n) is 5.24. The van der Waals surface area contributed by atoms with Gasteiger partial charge in [0.2, 0.25) is 0 Å². The fraction of sp³-hybridized carbons (Fsp3) is 0.176. The molecule has 0 atom stereocenters. The summed E-state index contributed by atoms with van der Waals surface area (Å²) in [5.74, 6) is -0.249. The zero-order chi connectivity index (χ0) is 15.0. The molecule has 2 aromatic carbocycles. The van der Waals surface area contributed by atoms with Crippen molar-refractivity contribution in [2.75, 3.05) is 5.32 Å². The van der Waals surface area contributed by atoms with Crippen molar-refractivity contribution < 1.29 is 4.39 Å². The maximum atomic E-state index is 13.1. The van der Waals surface area contributed by atoms with E-state index in [0.717, 1.165) is 27.6 Å². The normalized spacial score (nSPS) is 14.0. The third-order valence-electron chi connectivity index (χ3n) is 3.65. The summed E-state index contributed by atoms with van der Waals surface area (Å²) < 4.78 is 13.1. The Hall–Kier alpha value is -2.07. The summed E-state index contributed by atoms with van der Waals surface area (Å²) in [5.41, 5.74) is 5.94. The first-order chi connectivity index (χ1) is 10.0. The lowest BCUT2D eigenvalue weighted by atomic mass is 10.1. The van der Waals surface area contributed by atoms with E-state index in [1.54, 1.807) is 12.1 Å². The number of fused-ring (bicyclic) bond motifs is 1. The van der Waals surface area contributed by atoms with E-state index in [4.69, 9.17) is 17.2 Å². The van der Waals surface area contributed by atoms with Crippen LogP contribution in [0.2, 0.25) is 0 Å². The molecule has 106 valence electrons. The van der Waals surface area contributed by atoms with Gasteiger partial charge in [-0.2, -0.15) is 0 Å². The second-order valence-corrected chi connectivity index (χ2v) is 5.74. The van der Waals surface area contributed by atoms with Gasteiger partial charge in [-0.15, -0.1) is 0 Å². The van der Waals surface area contributed by atoms with Gasteiger partial charge in [0.05, 0.1) is 22.1 Å². The summed E-state index contributed by atoms with van der Waals surface area (Å²) >= 11 is 5.38.